The van der Waals surface area contributed by atoms with Crippen LogP contribution in [0.5, 0.6) is 0 Å². The average molecular weight is 246 g/mol. The molecule has 1 aliphatic carbocycles. The molecule has 0 unspecified atom stereocenters. The molecular formula is C16H22O2. The number of esters is 1. The van der Waals surface area contributed by atoms with Crippen molar-refractivity contribution in [3.05, 3.63) is 35.4 Å². The smallest absolute Gasteiger partial charge is 0.338 e. The fourth-order valence-electron chi connectivity index (χ4n) is 2.61. The van der Waals surface area contributed by atoms with E-state index in [1.54, 1.807) is 0 Å². The van der Waals surface area contributed by atoms with Gasteiger partial charge in [-0.2, -0.15) is 0 Å². The first-order valence-corrected chi connectivity index (χ1v) is 6.98. The molecule has 1 saturated carbocycles. The van der Waals surface area contributed by atoms with Gasteiger partial charge in [-0.3, -0.25) is 0 Å². The minimum atomic E-state index is -0.222. The Morgan fingerprint density at radius 2 is 1.72 bits per heavy atom. The Hall–Kier alpha value is -1.31. The predicted octanol–water partition coefficient (Wildman–Crippen LogP) is 4.30. The molecule has 0 N–H and O–H groups in total. The van der Waals surface area contributed by atoms with Crippen molar-refractivity contribution in [3.8, 4) is 0 Å². The van der Waals surface area contributed by atoms with Crippen LogP contribution in [0.25, 0.3) is 0 Å². The highest BCUT2D eigenvalue weighted by Crippen LogP contribution is 2.32. The average Bonchev–Trinajstić information content (AvgIpc) is 2.39. The van der Waals surface area contributed by atoms with E-state index < -0.39 is 0 Å². The molecule has 0 radical (unpaired) electrons. The number of ether oxygens (including phenoxy) is 1. The summed E-state index contributed by atoms with van der Waals surface area (Å²) in [5, 5.41) is 0. The predicted molar refractivity (Wildman–Crippen MR) is 72.8 cm³/mol. The molecule has 0 aliphatic heterocycles. The van der Waals surface area contributed by atoms with Crippen molar-refractivity contribution in [2.75, 3.05) is 0 Å². The first-order valence-electron chi connectivity index (χ1n) is 6.98. The first-order chi connectivity index (χ1) is 8.66. The van der Waals surface area contributed by atoms with Gasteiger partial charge in [-0.05, 0) is 50.3 Å². The molecule has 0 aromatic heterocycles. The Morgan fingerprint density at radius 3 is 2.28 bits per heavy atom. The Labute approximate surface area is 109 Å². The van der Waals surface area contributed by atoms with Crippen LogP contribution in [0.15, 0.2) is 24.3 Å². The summed E-state index contributed by atoms with van der Waals surface area (Å²) in [5.74, 6) is 0.467. The Bertz CT molecular complexity index is 386. The molecule has 98 valence electrons. The second-order valence-electron chi connectivity index (χ2n) is 5.41. The number of rotatable bonds is 3. The fourth-order valence-corrected chi connectivity index (χ4v) is 2.61. The molecule has 0 amide bonds. The molecule has 2 nitrogen and oxygen atoms in total. The van der Waals surface area contributed by atoms with Crippen molar-refractivity contribution in [2.24, 2.45) is 0 Å². The van der Waals surface area contributed by atoms with E-state index in [1.807, 2.05) is 26.0 Å². The summed E-state index contributed by atoms with van der Waals surface area (Å²) < 4.78 is 5.18. The molecular weight excluding hydrogens is 224 g/mol. The van der Waals surface area contributed by atoms with E-state index in [-0.39, 0.29) is 12.1 Å². The first kappa shape index (κ1) is 13.1. The van der Waals surface area contributed by atoms with Crippen LogP contribution in [-0.4, -0.2) is 12.1 Å². The highest BCUT2D eigenvalue weighted by molar-refractivity contribution is 5.89. The van der Waals surface area contributed by atoms with E-state index >= 15 is 0 Å². The van der Waals surface area contributed by atoms with Crippen molar-refractivity contribution < 1.29 is 9.53 Å². The van der Waals surface area contributed by atoms with E-state index in [0.29, 0.717) is 11.5 Å². The lowest BCUT2D eigenvalue weighted by Crippen LogP contribution is -2.12. The van der Waals surface area contributed by atoms with Crippen LogP contribution in [0.1, 0.15) is 67.8 Å². The van der Waals surface area contributed by atoms with Crippen molar-refractivity contribution in [2.45, 2.75) is 58.0 Å². The van der Waals surface area contributed by atoms with Gasteiger partial charge in [-0.15, -0.1) is 0 Å². The lowest BCUT2D eigenvalue weighted by molar-refractivity contribution is 0.0378. The normalized spacial score (nSPS) is 16.8. The molecule has 1 aromatic carbocycles. The quantitative estimate of drug-likeness (QED) is 0.743. The van der Waals surface area contributed by atoms with Crippen LogP contribution in [-0.2, 0) is 4.74 Å². The maximum absolute atomic E-state index is 11.7. The summed E-state index contributed by atoms with van der Waals surface area (Å²) in [4.78, 5) is 11.7. The molecule has 2 heteroatoms. The van der Waals surface area contributed by atoms with Crippen LogP contribution in [0.3, 0.4) is 0 Å². The van der Waals surface area contributed by atoms with E-state index in [4.69, 9.17) is 4.74 Å². The number of carbonyl (C=O) groups is 1. The zero-order valence-electron chi connectivity index (χ0n) is 11.3. The second kappa shape index (κ2) is 6.03. The Kier molecular flexibility index (Phi) is 4.40. The third kappa shape index (κ3) is 3.34. The molecule has 18 heavy (non-hydrogen) atoms. The summed E-state index contributed by atoms with van der Waals surface area (Å²) >= 11 is 0. The Balaban J connectivity index is 2.02. The van der Waals surface area contributed by atoms with Gasteiger partial charge in [0.05, 0.1) is 11.7 Å². The summed E-state index contributed by atoms with van der Waals surface area (Å²) in [5.41, 5.74) is 2.03. The van der Waals surface area contributed by atoms with E-state index in [2.05, 4.69) is 12.1 Å². The third-order valence-corrected chi connectivity index (χ3v) is 3.57. The molecule has 0 atom stereocenters. The van der Waals surface area contributed by atoms with Crippen LogP contribution < -0.4 is 0 Å². The molecule has 0 spiro atoms. The van der Waals surface area contributed by atoms with Gasteiger partial charge in [-0.25, -0.2) is 4.79 Å². The Morgan fingerprint density at radius 1 is 1.11 bits per heavy atom. The topological polar surface area (TPSA) is 26.3 Å². The lowest BCUT2D eigenvalue weighted by Gasteiger charge is -2.22. The molecule has 2 rings (SSSR count). The van der Waals surface area contributed by atoms with Gasteiger partial charge < -0.3 is 4.74 Å². The minimum Gasteiger partial charge on any atom is -0.459 e. The van der Waals surface area contributed by atoms with E-state index in [0.717, 1.165) is 0 Å². The molecule has 1 fully saturated rings. The molecule has 0 heterocycles. The van der Waals surface area contributed by atoms with E-state index in [9.17, 15) is 4.79 Å². The van der Waals surface area contributed by atoms with Gasteiger partial charge >= 0.3 is 5.97 Å². The van der Waals surface area contributed by atoms with Crippen molar-refractivity contribution >= 4 is 5.97 Å². The van der Waals surface area contributed by atoms with Crippen LogP contribution in [0, 0.1) is 0 Å². The van der Waals surface area contributed by atoms with E-state index in [1.165, 1.54) is 37.7 Å². The highest BCUT2D eigenvalue weighted by atomic mass is 16.5. The van der Waals surface area contributed by atoms with Gasteiger partial charge in [0.1, 0.15) is 0 Å². The van der Waals surface area contributed by atoms with Crippen molar-refractivity contribution in [1.82, 2.24) is 0 Å². The monoisotopic (exact) mass is 246 g/mol. The lowest BCUT2D eigenvalue weighted by atomic mass is 9.84. The maximum atomic E-state index is 11.7. The summed E-state index contributed by atoms with van der Waals surface area (Å²) in [6.07, 6.45) is 6.56. The molecule has 0 bridgehead atoms. The fraction of sp³-hybridized carbons (Fsp3) is 0.562. The number of hydrogen-bond donors (Lipinski definition) is 0. The zero-order chi connectivity index (χ0) is 13.0. The third-order valence-electron chi connectivity index (χ3n) is 3.57. The highest BCUT2D eigenvalue weighted by Gasteiger charge is 2.16. The van der Waals surface area contributed by atoms with Crippen LogP contribution in [0.4, 0.5) is 0 Å². The van der Waals surface area contributed by atoms with Crippen molar-refractivity contribution in [3.63, 3.8) is 0 Å². The van der Waals surface area contributed by atoms with Crippen LogP contribution >= 0.6 is 0 Å². The number of benzene rings is 1. The number of hydrogen-bond acceptors (Lipinski definition) is 2. The summed E-state index contributed by atoms with van der Waals surface area (Å²) in [7, 11) is 0. The summed E-state index contributed by atoms with van der Waals surface area (Å²) in [6, 6.07) is 7.98. The maximum Gasteiger partial charge on any atom is 0.338 e. The zero-order valence-corrected chi connectivity index (χ0v) is 11.3. The largest absolute Gasteiger partial charge is 0.459 e. The van der Waals surface area contributed by atoms with Gasteiger partial charge in [0, 0.05) is 0 Å². The van der Waals surface area contributed by atoms with Gasteiger partial charge in [-0.1, -0.05) is 31.4 Å². The van der Waals surface area contributed by atoms with Gasteiger partial charge in [0.25, 0.3) is 0 Å². The molecule has 1 aliphatic rings. The molecule has 0 saturated heterocycles. The van der Waals surface area contributed by atoms with Gasteiger partial charge in [0.15, 0.2) is 0 Å². The summed E-state index contributed by atoms with van der Waals surface area (Å²) in [6.45, 7) is 3.74. The van der Waals surface area contributed by atoms with Crippen molar-refractivity contribution in [1.29, 1.82) is 0 Å². The SMILES string of the molecule is CC(C)OC(=O)c1ccc(C2CCCCC2)cc1. The van der Waals surface area contributed by atoms with Gasteiger partial charge in [0.2, 0.25) is 0 Å². The molecule has 1 aromatic rings. The van der Waals surface area contributed by atoms with Crippen LogP contribution in [0.2, 0.25) is 0 Å². The number of carbonyl (C=O) groups excluding carboxylic acids is 1. The second-order valence-corrected chi connectivity index (χ2v) is 5.41. The minimum absolute atomic E-state index is 0.0597. The standard InChI is InChI=1S/C16H22O2/c1-12(2)18-16(17)15-10-8-14(9-11-15)13-6-4-3-5-7-13/h8-13H,3-7H2,1-2H3.